The second-order valence-corrected chi connectivity index (χ2v) is 12.2. The summed E-state index contributed by atoms with van der Waals surface area (Å²) in [4.78, 5) is 34.8. The van der Waals surface area contributed by atoms with Crippen molar-refractivity contribution >= 4 is 17.4 Å². The van der Waals surface area contributed by atoms with E-state index in [4.69, 9.17) is 10.5 Å². The number of nitrogens with zero attached hydrogens (tertiary/aromatic N) is 4. The average molecular weight is 631 g/mol. The van der Waals surface area contributed by atoms with Gasteiger partial charge in [-0.15, -0.1) is 0 Å². The van der Waals surface area contributed by atoms with Gasteiger partial charge in [0.2, 0.25) is 0 Å². The van der Waals surface area contributed by atoms with Crippen LogP contribution in [0.2, 0.25) is 0 Å². The van der Waals surface area contributed by atoms with Gasteiger partial charge in [-0.3, -0.25) is 24.0 Å². The number of ether oxygens (including phenoxy) is 1. The topological polar surface area (TPSA) is 126 Å². The van der Waals surface area contributed by atoms with E-state index in [1.165, 1.54) is 65.5 Å². The number of pyridine rings is 2. The molecule has 2 aromatic heterocycles. The van der Waals surface area contributed by atoms with Gasteiger partial charge in [0.25, 0.3) is 11.5 Å². The van der Waals surface area contributed by atoms with Crippen molar-refractivity contribution in [3.05, 3.63) is 106 Å². The van der Waals surface area contributed by atoms with Crippen molar-refractivity contribution in [2.45, 2.75) is 44.4 Å². The Morgan fingerprint density at radius 3 is 2.50 bits per heavy atom. The van der Waals surface area contributed by atoms with Gasteiger partial charge in [-0.25, -0.2) is 13.8 Å². The van der Waals surface area contributed by atoms with Gasteiger partial charge < -0.3 is 20.9 Å². The van der Waals surface area contributed by atoms with Crippen LogP contribution in [-0.2, 0) is 5.54 Å². The van der Waals surface area contributed by atoms with E-state index in [0.29, 0.717) is 30.1 Å². The third-order valence-corrected chi connectivity index (χ3v) is 8.92. The lowest BCUT2D eigenvalue weighted by molar-refractivity contribution is 0.0944. The van der Waals surface area contributed by atoms with E-state index in [9.17, 15) is 19.1 Å². The quantitative estimate of drug-likeness (QED) is 0.260. The Hall–Kier alpha value is -4.65. The van der Waals surface area contributed by atoms with Crippen LogP contribution < -0.4 is 21.3 Å². The van der Waals surface area contributed by atoms with Crippen molar-refractivity contribution in [2.24, 2.45) is 0 Å². The minimum absolute atomic E-state index is 0.0194. The first-order valence-corrected chi connectivity index (χ1v) is 15.2. The van der Waals surface area contributed by atoms with Crippen LogP contribution in [-0.4, -0.2) is 68.7 Å². The third-order valence-electron chi connectivity index (χ3n) is 8.92. The summed E-state index contributed by atoms with van der Waals surface area (Å²) in [6.45, 7) is 6.98. The standard InChI is InChI=1S/C34H36F2N6O4/c1-34(2,41-19-26(27(43)20-41)40-15-3-4-16-40)30-29(13-14-38-31(30)37)46-28-12-9-22(18-25(28)36)39-32(44)24-6-5-17-42(33(24)45)23-10-7-21(35)8-11-23/h5-14,17-18,26-27,43H,3-4,15-16,19-20H2,1-2H3,(H2,37,38)(H,39,44)/t26-,27-/m1/s1. The van der Waals surface area contributed by atoms with Crippen LogP contribution in [0, 0.1) is 11.6 Å². The molecule has 0 saturated carbocycles. The molecule has 2 fully saturated rings. The number of benzene rings is 2. The van der Waals surface area contributed by atoms with E-state index in [1.54, 1.807) is 6.07 Å². The summed E-state index contributed by atoms with van der Waals surface area (Å²) >= 11 is 0. The van der Waals surface area contributed by atoms with E-state index >= 15 is 4.39 Å². The zero-order valence-electron chi connectivity index (χ0n) is 25.6. The summed E-state index contributed by atoms with van der Waals surface area (Å²) in [5, 5.41) is 13.5. The number of anilines is 2. The van der Waals surface area contributed by atoms with Gasteiger partial charge >= 0.3 is 0 Å². The first-order chi connectivity index (χ1) is 22.0. The number of nitrogen functional groups attached to an aromatic ring is 1. The van der Waals surface area contributed by atoms with Crippen molar-refractivity contribution in [2.75, 3.05) is 37.2 Å². The maximum atomic E-state index is 15.4. The van der Waals surface area contributed by atoms with Gasteiger partial charge in [-0.1, -0.05) is 0 Å². The third kappa shape index (κ3) is 6.11. The molecule has 12 heteroatoms. The molecule has 2 atom stereocenters. The largest absolute Gasteiger partial charge is 0.454 e. The zero-order valence-corrected chi connectivity index (χ0v) is 25.6. The molecule has 2 aromatic carbocycles. The minimum Gasteiger partial charge on any atom is -0.454 e. The molecule has 2 aliphatic heterocycles. The lowest BCUT2D eigenvalue weighted by atomic mass is 9.92. The van der Waals surface area contributed by atoms with Gasteiger partial charge in [0.05, 0.1) is 11.7 Å². The molecule has 2 saturated heterocycles. The smallest absolute Gasteiger partial charge is 0.267 e. The molecule has 240 valence electrons. The number of β-amino-alcohol motifs (C(OH)–C–C–N with tert-alkyl or cyclic N) is 1. The molecule has 46 heavy (non-hydrogen) atoms. The molecule has 0 aliphatic carbocycles. The normalized spacial score (nSPS) is 19.0. The van der Waals surface area contributed by atoms with E-state index in [2.05, 4.69) is 20.1 Å². The van der Waals surface area contributed by atoms with Crippen LogP contribution in [0.5, 0.6) is 11.5 Å². The molecule has 6 rings (SSSR count). The van der Waals surface area contributed by atoms with Crippen molar-refractivity contribution in [3.63, 3.8) is 0 Å². The molecule has 1 amide bonds. The Balaban J connectivity index is 1.20. The van der Waals surface area contributed by atoms with Gasteiger partial charge in [-0.2, -0.15) is 0 Å². The predicted molar refractivity (Wildman–Crippen MR) is 170 cm³/mol. The van der Waals surface area contributed by atoms with Crippen LogP contribution >= 0.6 is 0 Å². The number of aliphatic hydroxyl groups is 1. The number of nitrogens with two attached hydrogens (primary N) is 1. The highest BCUT2D eigenvalue weighted by atomic mass is 19.1. The van der Waals surface area contributed by atoms with Gasteiger partial charge in [0, 0.05) is 54.5 Å². The fourth-order valence-corrected chi connectivity index (χ4v) is 6.43. The highest BCUT2D eigenvalue weighted by molar-refractivity contribution is 6.04. The predicted octanol–water partition coefficient (Wildman–Crippen LogP) is 4.51. The molecule has 0 unspecified atom stereocenters. The summed E-state index contributed by atoms with van der Waals surface area (Å²) in [7, 11) is 0. The second-order valence-electron chi connectivity index (χ2n) is 12.2. The number of aliphatic hydroxyl groups excluding tert-OH is 1. The average Bonchev–Trinajstić information content (AvgIpc) is 3.69. The van der Waals surface area contributed by atoms with Crippen LogP contribution in [0.3, 0.4) is 0 Å². The van der Waals surface area contributed by atoms with Crippen molar-refractivity contribution < 1.29 is 23.4 Å². The summed E-state index contributed by atoms with van der Waals surface area (Å²) in [5.74, 6) is -1.49. The molecule has 0 spiro atoms. The number of halogens is 2. The van der Waals surface area contributed by atoms with Crippen LogP contribution in [0.4, 0.5) is 20.3 Å². The maximum Gasteiger partial charge on any atom is 0.267 e. The summed E-state index contributed by atoms with van der Waals surface area (Å²) < 4.78 is 36.1. The minimum atomic E-state index is -0.751. The lowest BCUT2D eigenvalue weighted by Gasteiger charge is -2.37. The first-order valence-electron chi connectivity index (χ1n) is 15.2. The van der Waals surface area contributed by atoms with Crippen LogP contribution in [0.25, 0.3) is 5.69 Å². The number of amides is 1. The summed E-state index contributed by atoms with van der Waals surface area (Å²) in [6.07, 6.45) is 4.69. The van der Waals surface area contributed by atoms with E-state index in [1.807, 2.05) is 13.8 Å². The fourth-order valence-electron chi connectivity index (χ4n) is 6.43. The molecule has 0 bridgehead atoms. The highest BCUT2D eigenvalue weighted by Gasteiger charge is 2.44. The summed E-state index contributed by atoms with van der Waals surface area (Å²) in [5.41, 5.74) is 5.96. The number of hydrogen-bond acceptors (Lipinski definition) is 8. The Morgan fingerprint density at radius 1 is 1.04 bits per heavy atom. The highest BCUT2D eigenvalue weighted by Crippen LogP contribution is 2.42. The molecule has 0 radical (unpaired) electrons. The molecular formula is C34H36F2N6O4. The van der Waals surface area contributed by atoms with Gasteiger partial charge in [0.15, 0.2) is 11.6 Å². The number of hydrogen-bond donors (Lipinski definition) is 3. The molecule has 10 nitrogen and oxygen atoms in total. The van der Waals surface area contributed by atoms with Crippen molar-refractivity contribution in [1.29, 1.82) is 0 Å². The van der Waals surface area contributed by atoms with Gasteiger partial charge in [0.1, 0.15) is 22.9 Å². The molecule has 2 aliphatic rings. The summed E-state index contributed by atoms with van der Waals surface area (Å²) in [6, 6.07) is 13.7. The fraction of sp³-hybridized carbons (Fsp3) is 0.324. The number of likely N-dealkylation sites (tertiary alicyclic amines) is 2. The second kappa shape index (κ2) is 12.6. The van der Waals surface area contributed by atoms with Crippen molar-refractivity contribution in [3.8, 4) is 17.2 Å². The van der Waals surface area contributed by atoms with E-state index in [-0.39, 0.29) is 28.9 Å². The number of nitrogens with one attached hydrogen (secondary N) is 1. The number of rotatable bonds is 8. The SMILES string of the molecule is CC(C)(c1c(Oc2ccc(NC(=O)c3cccn(-c4ccc(F)cc4)c3=O)cc2F)ccnc1N)N1C[C@@H](O)[C@H](N2CCCC2)C1. The number of carbonyl (C=O) groups excluding carboxylic acids is 1. The Labute approximate surface area is 265 Å². The molecule has 4 heterocycles. The lowest BCUT2D eigenvalue weighted by Crippen LogP contribution is -2.44. The van der Waals surface area contributed by atoms with E-state index < -0.39 is 34.7 Å². The number of carbonyl (C=O) groups is 1. The molecule has 4 aromatic rings. The van der Waals surface area contributed by atoms with Crippen LogP contribution in [0.15, 0.2) is 77.9 Å². The molecule has 4 N–H and O–H groups in total. The Kier molecular flexibility index (Phi) is 8.60. The first kappa shape index (κ1) is 31.3. The Morgan fingerprint density at radius 2 is 1.78 bits per heavy atom. The monoisotopic (exact) mass is 630 g/mol. The maximum absolute atomic E-state index is 15.4. The van der Waals surface area contributed by atoms with Crippen LogP contribution in [0.1, 0.15) is 42.6 Å². The van der Waals surface area contributed by atoms with E-state index in [0.717, 1.165) is 32.0 Å². The number of aromatic nitrogens is 2. The zero-order chi connectivity index (χ0) is 32.6. The Bertz CT molecular complexity index is 1810. The van der Waals surface area contributed by atoms with Gasteiger partial charge in [-0.05, 0) is 94.4 Å². The van der Waals surface area contributed by atoms with Crippen molar-refractivity contribution in [1.82, 2.24) is 19.4 Å². The molecular weight excluding hydrogens is 594 g/mol.